The highest BCUT2D eigenvalue weighted by Crippen LogP contribution is 2.17. The molecular formula is C9H13N3O. The third-order valence-electron chi connectivity index (χ3n) is 2.37. The van der Waals surface area contributed by atoms with Crippen LogP contribution in [0.5, 0.6) is 0 Å². The van der Waals surface area contributed by atoms with Gasteiger partial charge in [-0.25, -0.2) is 4.98 Å². The largest absolute Gasteiger partial charge is 0.390 e. The van der Waals surface area contributed by atoms with E-state index in [1.165, 1.54) is 6.42 Å². The second-order valence-electron chi connectivity index (χ2n) is 3.26. The van der Waals surface area contributed by atoms with Crippen molar-refractivity contribution in [3.8, 4) is 0 Å². The third kappa shape index (κ3) is 1.49. The van der Waals surface area contributed by atoms with Crippen LogP contribution in [0.15, 0.2) is 6.20 Å². The highest BCUT2D eigenvalue weighted by Gasteiger charge is 2.16. The van der Waals surface area contributed by atoms with E-state index < -0.39 is 0 Å². The second kappa shape index (κ2) is 3.30. The van der Waals surface area contributed by atoms with Gasteiger partial charge in [0.15, 0.2) is 0 Å². The molecule has 0 aliphatic carbocycles. The molecule has 13 heavy (non-hydrogen) atoms. The second-order valence-corrected chi connectivity index (χ2v) is 3.26. The fraction of sp³-hybridized carbons (Fsp3) is 0.556. The van der Waals surface area contributed by atoms with E-state index in [9.17, 15) is 0 Å². The van der Waals surface area contributed by atoms with Gasteiger partial charge in [0, 0.05) is 13.1 Å². The topological polar surface area (TPSA) is 49.2 Å². The van der Waals surface area contributed by atoms with Crippen molar-refractivity contribution < 1.29 is 5.11 Å². The molecule has 0 unspecified atom stereocenters. The zero-order chi connectivity index (χ0) is 9.26. The van der Waals surface area contributed by atoms with Gasteiger partial charge in [0.25, 0.3) is 0 Å². The molecule has 2 heterocycles. The Hall–Kier alpha value is -1.16. The zero-order valence-corrected chi connectivity index (χ0v) is 7.69. The van der Waals surface area contributed by atoms with E-state index in [1.54, 1.807) is 6.20 Å². The summed E-state index contributed by atoms with van der Waals surface area (Å²) in [6.45, 7) is 4.00. The Morgan fingerprint density at radius 2 is 2.31 bits per heavy atom. The van der Waals surface area contributed by atoms with Gasteiger partial charge in [0.2, 0.25) is 0 Å². The van der Waals surface area contributed by atoms with Crippen LogP contribution in [-0.2, 0) is 6.61 Å². The van der Waals surface area contributed by atoms with Gasteiger partial charge in [-0.3, -0.25) is 4.98 Å². The summed E-state index contributed by atoms with van der Waals surface area (Å²) >= 11 is 0. The first-order valence-corrected chi connectivity index (χ1v) is 4.49. The van der Waals surface area contributed by atoms with Crippen molar-refractivity contribution in [1.29, 1.82) is 0 Å². The Bertz CT molecular complexity index is 310. The minimum absolute atomic E-state index is 0.0287. The molecule has 0 saturated carbocycles. The van der Waals surface area contributed by atoms with E-state index in [0.717, 1.165) is 24.6 Å². The van der Waals surface area contributed by atoms with Crippen molar-refractivity contribution in [2.75, 3.05) is 18.0 Å². The molecule has 0 spiro atoms. The highest BCUT2D eigenvalue weighted by molar-refractivity contribution is 5.39. The number of aromatic nitrogens is 2. The van der Waals surface area contributed by atoms with Crippen LogP contribution >= 0.6 is 0 Å². The van der Waals surface area contributed by atoms with Gasteiger partial charge in [0.05, 0.1) is 24.2 Å². The van der Waals surface area contributed by atoms with Crippen LogP contribution in [0.4, 0.5) is 5.82 Å². The smallest absolute Gasteiger partial charge is 0.147 e. The predicted molar refractivity (Wildman–Crippen MR) is 49.5 cm³/mol. The van der Waals surface area contributed by atoms with Crippen LogP contribution in [0.25, 0.3) is 0 Å². The van der Waals surface area contributed by atoms with Crippen LogP contribution in [0.3, 0.4) is 0 Å². The van der Waals surface area contributed by atoms with E-state index in [1.807, 2.05) is 6.92 Å². The first-order chi connectivity index (χ1) is 6.31. The van der Waals surface area contributed by atoms with Gasteiger partial charge in [0.1, 0.15) is 5.82 Å². The molecule has 4 nitrogen and oxygen atoms in total. The molecule has 0 aromatic carbocycles. The summed E-state index contributed by atoms with van der Waals surface area (Å²) in [6.07, 6.45) is 2.97. The third-order valence-corrected chi connectivity index (χ3v) is 2.37. The van der Waals surface area contributed by atoms with Crippen LogP contribution in [0, 0.1) is 6.92 Å². The van der Waals surface area contributed by atoms with Crippen LogP contribution in [-0.4, -0.2) is 28.2 Å². The molecule has 2 rings (SSSR count). The van der Waals surface area contributed by atoms with Gasteiger partial charge in [-0.05, 0) is 13.3 Å². The van der Waals surface area contributed by atoms with Gasteiger partial charge in [-0.2, -0.15) is 0 Å². The fourth-order valence-corrected chi connectivity index (χ4v) is 1.35. The highest BCUT2D eigenvalue weighted by atomic mass is 16.3. The van der Waals surface area contributed by atoms with Crippen molar-refractivity contribution in [1.82, 2.24) is 9.97 Å². The average molecular weight is 179 g/mol. The van der Waals surface area contributed by atoms with Crippen molar-refractivity contribution in [2.45, 2.75) is 20.0 Å². The Morgan fingerprint density at radius 3 is 2.77 bits per heavy atom. The van der Waals surface area contributed by atoms with Crippen molar-refractivity contribution in [2.24, 2.45) is 0 Å². The summed E-state index contributed by atoms with van der Waals surface area (Å²) in [4.78, 5) is 10.7. The summed E-state index contributed by atoms with van der Waals surface area (Å²) < 4.78 is 0. The lowest BCUT2D eigenvalue weighted by Gasteiger charge is -2.31. The molecule has 1 aromatic rings. The van der Waals surface area contributed by atoms with Gasteiger partial charge in [-0.1, -0.05) is 0 Å². The molecule has 0 amide bonds. The number of hydrogen-bond acceptors (Lipinski definition) is 4. The van der Waals surface area contributed by atoms with Crippen LogP contribution in [0.1, 0.15) is 17.8 Å². The Balaban J connectivity index is 2.24. The maximum Gasteiger partial charge on any atom is 0.147 e. The lowest BCUT2D eigenvalue weighted by Crippen LogP contribution is -2.37. The Labute approximate surface area is 77.2 Å². The maximum absolute atomic E-state index is 8.90. The van der Waals surface area contributed by atoms with Crippen LogP contribution in [0.2, 0.25) is 0 Å². The van der Waals surface area contributed by atoms with E-state index in [0.29, 0.717) is 5.69 Å². The monoisotopic (exact) mass is 179 g/mol. The Kier molecular flexibility index (Phi) is 2.14. The summed E-state index contributed by atoms with van der Waals surface area (Å²) in [5, 5.41) is 8.90. The zero-order valence-electron chi connectivity index (χ0n) is 7.69. The van der Waals surface area contributed by atoms with Crippen molar-refractivity contribution >= 4 is 5.82 Å². The van der Waals surface area contributed by atoms with Gasteiger partial charge >= 0.3 is 0 Å². The van der Waals surface area contributed by atoms with E-state index in [2.05, 4.69) is 14.9 Å². The summed E-state index contributed by atoms with van der Waals surface area (Å²) in [6, 6.07) is 0. The first kappa shape index (κ1) is 8.44. The van der Waals surface area contributed by atoms with Crippen molar-refractivity contribution in [3.63, 3.8) is 0 Å². The number of rotatable bonds is 2. The maximum atomic E-state index is 8.90. The molecule has 1 aliphatic heterocycles. The standard InChI is InChI=1S/C9H13N3O/c1-7-8(6-13)10-5-9(11-7)12-3-2-4-12/h5,13H,2-4,6H2,1H3. The average Bonchev–Trinajstić information content (AvgIpc) is 2.01. The molecule has 70 valence electrons. The quantitative estimate of drug-likeness (QED) is 0.717. The predicted octanol–water partition coefficient (Wildman–Crippen LogP) is 0.487. The van der Waals surface area contributed by atoms with E-state index >= 15 is 0 Å². The number of nitrogens with zero attached hydrogens (tertiary/aromatic N) is 3. The molecule has 1 aromatic heterocycles. The lowest BCUT2D eigenvalue weighted by atomic mass is 10.2. The number of hydrogen-bond donors (Lipinski definition) is 1. The van der Waals surface area contributed by atoms with Crippen molar-refractivity contribution in [3.05, 3.63) is 17.6 Å². The number of aryl methyl sites for hydroxylation is 1. The summed E-state index contributed by atoms with van der Waals surface area (Å²) in [5.41, 5.74) is 1.50. The molecule has 1 fully saturated rings. The van der Waals surface area contributed by atoms with E-state index in [4.69, 9.17) is 5.11 Å². The summed E-state index contributed by atoms with van der Waals surface area (Å²) in [7, 11) is 0. The molecule has 1 aliphatic rings. The molecular weight excluding hydrogens is 166 g/mol. The molecule has 0 radical (unpaired) electrons. The van der Waals surface area contributed by atoms with Gasteiger partial charge in [-0.15, -0.1) is 0 Å². The fourth-order valence-electron chi connectivity index (χ4n) is 1.35. The van der Waals surface area contributed by atoms with Gasteiger partial charge < -0.3 is 10.0 Å². The first-order valence-electron chi connectivity index (χ1n) is 4.49. The van der Waals surface area contributed by atoms with Crippen LogP contribution < -0.4 is 4.90 Å². The SMILES string of the molecule is Cc1nc(N2CCC2)cnc1CO. The number of aliphatic hydroxyl groups excluding tert-OH is 1. The molecule has 1 saturated heterocycles. The normalized spacial score (nSPS) is 15.7. The molecule has 0 bridgehead atoms. The Morgan fingerprint density at radius 1 is 1.54 bits per heavy atom. The number of aliphatic hydroxyl groups is 1. The lowest BCUT2D eigenvalue weighted by molar-refractivity contribution is 0.275. The number of anilines is 1. The minimum atomic E-state index is -0.0287. The summed E-state index contributed by atoms with van der Waals surface area (Å²) in [5.74, 6) is 0.931. The molecule has 4 heteroatoms. The molecule has 0 atom stereocenters. The van der Waals surface area contributed by atoms with E-state index in [-0.39, 0.29) is 6.61 Å². The molecule has 1 N–H and O–H groups in total. The minimum Gasteiger partial charge on any atom is -0.390 e.